The van der Waals surface area contributed by atoms with Crippen molar-refractivity contribution in [2.45, 2.75) is 6.54 Å². The summed E-state index contributed by atoms with van der Waals surface area (Å²) in [6.07, 6.45) is 3.06. The summed E-state index contributed by atoms with van der Waals surface area (Å²) >= 11 is 0. The van der Waals surface area contributed by atoms with Gasteiger partial charge in [0.25, 0.3) is 5.91 Å². The summed E-state index contributed by atoms with van der Waals surface area (Å²) < 4.78 is 5.66. The van der Waals surface area contributed by atoms with Crippen LogP contribution in [0.4, 0.5) is 0 Å². The fraction of sp³-hybridized carbons (Fsp3) is 0.0556. The number of H-pyrrole nitrogens is 1. The third-order valence-corrected chi connectivity index (χ3v) is 3.26. The fourth-order valence-corrected chi connectivity index (χ4v) is 2.10. The highest BCUT2D eigenvalue weighted by Gasteiger charge is 2.06. The van der Waals surface area contributed by atoms with Crippen LogP contribution in [0, 0.1) is 0 Å². The van der Waals surface area contributed by atoms with Gasteiger partial charge in [0, 0.05) is 36.6 Å². The molecule has 2 aromatic heterocycles. The molecule has 3 aromatic rings. The predicted molar refractivity (Wildman–Crippen MR) is 89.0 cm³/mol. The Kier molecular flexibility index (Phi) is 4.67. The number of carbonyl (C=O) groups is 1. The summed E-state index contributed by atoms with van der Waals surface area (Å²) in [5.74, 6) is 0.822. The van der Waals surface area contributed by atoms with E-state index in [1.165, 1.54) is 12.3 Å². The first-order valence-electron chi connectivity index (χ1n) is 7.35. The van der Waals surface area contributed by atoms with Crippen LogP contribution in [0.1, 0.15) is 15.9 Å². The molecule has 3 rings (SSSR count). The van der Waals surface area contributed by atoms with Gasteiger partial charge in [0.15, 0.2) is 0 Å². The normalized spacial score (nSPS) is 10.2. The number of amides is 1. The molecule has 120 valence electrons. The van der Waals surface area contributed by atoms with Crippen LogP contribution < -0.4 is 15.6 Å². The van der Waals surface area contributed by atoms with Crippen LogP contribution in [-0.2, 0) is 6.54 Å². The molecular weight excluding hydrogens is 306 g/mol. The van der Waals surface area contributed by atoms with Crippen molar-refractivity contribution in [1.29, 1.82) is 0 Å². The van der Waals surface area contributed by atoms with Gasteiger partial charge in [0.05, 0.1) is 0 Å². The molecule has 0 spiro atoms. The van der Waals surface area contributed by atoms with Gasteiger partial charge < -0.3 is 15.0 Å². The van der Waals surface area contributed by atoms with E-state index in [0.29, 0.717) is 23.7 Å². The summed E-state index contributed by atoms with van der Waals surface area (Å²) in [6, 6.07) is 15.7. The second-order valence-electron chi connectivity index (χ2n) is 5.04. The molecule has 0 fully saturated rings. The molecule has 1 amide bonds. The molecule has 0 atom stereocenters. The molecule has 6 nitrogen and oxygen atoms in total. The first kappa shape index (κ1) is 15.5. The van der Waals surface area contributed by atoms with E-state index in [2.05, 4.69) is 15.3 Å². The standard InChI is InChI=1S/C18H15N3O3/c22-16-11-14(7-9-19-16)18(23)21-12-13-6-8-20-17(10-13)24-15-4-2-1-3-5-15/h1-11H,12H2,(H,19,22)(H,21,23). The third kappa shape index (κ3) is 4.07. The van der Waals surface area contributed by atoms with Crippen molar-refractivity contribution in [3.8, 4) is 11.6 Å². The Hall–Kier alpha value is -3.41. The lowest BCUT2D eigenvalue weighted by Gasteiger charge is -2.08. The van der Waals surface area contributed by atoms with E-state index in [0.717, 1.165) is 5.56 Å². The van der Waals surface area contributed by atoms with Crippen molar-refractivity contribution in [1.82, 2.24) is 15.3 Å². The maximum Gasteiger partial charge on any atom is 0.251 e. The van der Waals surface area contributed by atoms with Gasteiger partial charge in [-0.25, -0.2) is 4.98 Å². The van der Waals surface area contributed by atoms with Crippen LogP contribution in [0.3, 0.4) is 0 Å². The molecular formula is C18H15N3O3. The third-order valence-electron chi connectivity index (χ3n) is 3.26. The predicted octanol–water partition coefficient (Wildman–Crippen LogP) is 2.49. The molecule has 2 heterocycles. The molecule has 0 aliphatic heterocycles. The van der Waals surface area contributed by atoms with Crippen molar-refractivity contribution < 1.29 is 9.53 Å². The molecule has 0 radical (unpaired) electrons. The zero-order valence-electron chi connectivity index (χ0n) is 12.7. The minimum Gasteiger partial charge on any atom is -0.439 e. The Bertz CT molecular complexity index is 891. The lowest BCUT2D eigenvalue weighted by molar-refractivity contribution is 0.0950. The lowest BCUT2D eigenvalue weighted by atomic mass is 10.2. The largest absolute Gasteiger partial charge is 0.439 e. The average Bonchev–Trinajstić information content (AvgIpc) is 2.61. The average molecular weight is 321 g/mol. The summed E-state index contributed by atoms with van der Waals surface area (Å²) in [5.41, 5.74) is 0.841. The first-order valence-corrected chi connectivity index (χ1v) is 7.35. The number of nitrogens with one attached hydrogen (secondary N) is 2. The summed E-state index contributed by atoms with van der Waals surface area (Å²) in [5, 5.41) is 2.76. The van der Waals surface area contributed by atoms with E-state index < -0.39 is 0 Å². The molecule has 0 bridgehead atoms. The number of hydrogen-bond acceptors (Lipinski definition) is 4. The van der Waals surface area contributed by atoms with Crippen LogP contribution >= 0.6 is 0 Å². The van der Waals surface area contributed by atoms with Crippen LogP contribution in [0.25, 0.3) is 0 Å². The smallest absolute Gasteiger partial charge is 0.251 e. The van der Waals surface area contributed by atoms with Gasteiger partial charge in [-0.15, -0.1) is 0 Å². The van der Waals surface area contributed by atoms with Crippen LogP contribution in [-0.4, -0.2) is 15.9 Å². The van der Waals surface area contributed by atoms with Gasteiger partial charge in [0.2, 0.25) is 11.4 Å². The fourth-order valence-electron chi connectivity index (χ4n) is 2.10. The molecule has 24 heavy (non-hydrogen) atoms. The first-order chi connectivity index (χ1) is 11.7. The van der Waals surface area contributed by atoms with Crippen LogP contribution in [0.5, 0.6) is 11.6 Å². The van der Waals surface area contributed by atoms with E-state index in [1.807, 2.05) is 30.3 Å². The number of para-hydroxylation sites is 1. The molecule has 0 aliphatic rings. The maximum absolute atomic E-state index is 12.0. The number of ether oxygens (including phenoxy) is 1. The highest BCUT2D eigenvalue weighted by molar-refractivity contribution is 5.93. The van der Waals surface area contributed by atoms with E-state index in [-0.39, 0.29) is 11.5 Å². The molecule has 0 saturated heterocycles. The van der Waals surface area contributed by atoms with Gasteiger partial charge >= 0.3 is 0 Å². The number of pyridine rings is 2. The zero-order chi connectivity index (χ0) is 16.8. The Morgan fingerprint density at radius 3 is 2.75 bits per heavy atom. The van der Waals surface area contributed by atoms with Gasteiger partial charge in [-0.1, -0.05) is 18.2 Å². The van der Waals surface area contributed by atoms with E-state index in [1.54, 1.807) is 24.4 Å². The number of nitrogens with zero attached hydrogens (tertiary/aromatic N) is 1. The number of hydrogen-bond donors (Lipinski definition) is 2. The molecule has 0 unspecified atom stereocenters. The topological polar surface area (TPSA) is 84.1 Å². The Balaban J connectivity index is 1.64. The molecule has 0 saturated carbocycles. The summed E-state index contributed by atoms with van der Waals surface area (Å²) in [7, 11) is 0. The van der Waals surface area contributed by atoms with Gasteiger partial charge in [-0.05, 0) is 29.8 Å². The van der Waals surface area contributed by atoms with Gasteiger partial charge in [-0.2, -0.15) is 0 Å². The van der Waals surface area contributed by atoms with E-state index >= 15 is 0 Å². The van der Waals surface area contributed by atoms with Gasteiger partial charge in [-0.3, -0.25) is 9.59 Å². The molecule has 0 aliphatic carbocycles. The SMILES string of the molecule is O=C(NCc1ccnc(Oc2ccccc2)c1)c1cc[nH]c(=O)c1. The second-order valence-corrected chi connectivity index (χ2v) is 5.04. The Morgan fingerprint density at radius 1 is 1.12 bits per heavy atom. The highest BCUT2D eigenvalue weighted by Crippen LogP contribution is 2.19. The maximum atomic E-state index is 12.0. The van der Waals surface area contributed by atoms with E-state index in [9.17, 15) is 9.59 Å². The summed E-state index contributed by atoms with van der Waals surface area (Å²) in [4.78, 5) is 29.9. The Morgan fingerprint density at radius 2 is 1.96 bits per heavy atom. The van der Waals surface area contributed by atoms with Crippen molar-refractivity contribution in [3.63, 3.8) is 0 Å². The van der Waals surface area contributed by atoms with Crippen molar-refractivity contribution in [2.75, 3.05) is 0 Å². The molecule has 6 heteroatoms. The quantitative estimate of drug-likeness (QED) is 0.756. The monoisotopic (exact) mass is 321 g/mol. The molecule has 2 N–H and O–H groups in total. The number of carbonyl (C=O) groups excluding carboxylic acids is 1. The number of rotatable bonds is 5. The number of aromatic amines is 1. The lowest BCUT2D eigenvalue weighted by Crippen LogP contribution is -2.24. The second kappa shape index (κ2) is 7.23. The number of aromatic nitrogens is 2. The zero-order valence-corrected chi connectivity index (χ0v) is 12.7. The van der Waals surface area contributed by atoms with E-state index in [4.69, 9.17) is 4.74 Å². The number of benzene rings is 1. The highest BCUT2D eigenvalue weighted by atomic mass is 16.5. The minimum absolute atomic E-state index is 0.305. The van der Waals surface area contributed by atoms with Crippen LogP contribution in [0.2, 0.25) is 0 Å². The summed E-state index contributed by atoms with van der Waals surface area (Å²) in [6.45, 7) is 0.305. The van der Waals surface area contributed by atoms with Crippen molar-refractivity contribution in [2.24, 2.45) is 0 Å². The molecule has 1 aromatic carbocycles. The minimum atomic E-state index is -0.316. The van der Waals surface area contributed by atoms with Crippen molar-refractivity contribution >= 4 is 5.91 Å². The van der Waals surface area contributed by atoms with Gasteiger partial charge in [0.1, 0.15) is 5.75 Å². The van der Waals surface area contributed by atoms with Crippen molar-refractivity contribution in [3.05, 3.63) is 88.5 Å². The Labute approximate surface area is 138 Å². The van der Waals surface area contributed by atoms with Crippen LogP contribution in [0.15, 0.2) is 71.8 Å².